The molecule has 3 aromatic rings. The molecule has 2 aromatic heterocycles. The molecule has 2 heterocycles. The molecule has 0 fully saturated rings. The molecule has 0 bridgehead atoms. The summed E-state index contributed by atoms with van der Waals surface area (Å²) in [6.07, 6.45) is 3.37. The number of anilines is 1. The van der Waals surface area contributed by atoms with Gasteiger partial charge in [-0.25, -0.2) is 9.50 Å². The summed E-state index contributed by atoms with van der Waals surface area (Å²) < 4.78 is 7.29. The van der Waals surface area contributed by atoms with E-state index < -0.39 is 0 Å². The lowest BCUT2D eigenvalue weighted by molar-refractivity contribution is 0.341. The number of nitrogens with zero attached hydrogens (tertiary/aromatic N) is 3. The predicted molar refractivity (Wildman–Crippen MR) is 74.0 cm³/mol. The third-order valence-corrected chi connectivity index (χ3v) is 2.80. The lowest BCUT2D eigenvalue weighted by Gasteiger charge is -2.07. The summed E-state index contributed by atoms with van der Waals surface area (Å²) in [7, 11) is 0. The Labute approximate surface area is 110 Å². The molecule has 1 aromatic carbocycles. The normalized spacial score (nSPS) is 10.8. The fourth-order valence-corrected chi connectivity index (χ4v) is 1.98. The van der Waals surface area contributed by atoms with Gasteiger partial charge in [-0.15, -0.1) is 0 Å². The fourth-order valence-electron chi connectivity index (χ4n) is 1.98. The van der Waals surface area contributed by atoms with Gasteiger partial charge in [-0.2, -0.15) is 5.10 Å². The first-order valence-electron chi connectivity index (χ1n) is 6.11. The number of nitrogens with two attached hydrogens (primary N) is 1. The first-order valence-corrected chi connectivity index (χ1v) is 6.11. The molecule has 0 amide bonds. The number of hydrogen-bond donors (Lipinski definition) is 1. The third kappa shape index (κ3) is 2.10. The Morgan fingerprint density at radius 1 is 1.32 bits per heavy atom. The van der Waals surface area contributed by atoms with Crippen LogP contribution in [0.5, 0.6) is 5.75 Å². The topological polar surface area (TPSA) is 65.4 Å². The molecule has 0 radical (unpaired) electrons. The molecule has 0 spiro atoms. The van der Waals surface area contributed by atoms with Crippen molar-refractivity contribution < 1.29 is 4.74 Å². The van der Waals surface area contributed by atoms with Crippen LogP contribution >= 0.6 is 0 Å². The predicted octanol–water partition coefficient (Wildman–Crippen LogP) is 2.38. The lowest BCUT2D eigenvalue weighted by Crippen LogP contribution is -1.95. The van der Waals surface area contributed by atoms with Crippen LogP contribution in [0.3, 0.4) is 0 Å². The summed E-state index contributed by atoms with van der Waals surface area (Å²) in [5, 5.41) is 4.48. The van der Waals surface area contributed by atoms with Crippen molar-refractivity contribution in [2.75, 3.05) is 12.3 Å². The summed E-state index contributed by atoms with van der Waals surface area (Å²) in [4.78, 5) is 4.24. The number of hydrogen-bond acceptors (Lipinski definition) is 4. The lowest BCUT2D eigenvalue weighted by atomic mass is 10.1. The smallest absolute Gasteiger partial charge is 0.155 e. The van der Waals surface area contributed by atoms with Crippen molar-refractivity contribution in [1.29, 1.82) is 0 Å². The maximum absolute atomic E-state index is 5.70. The molecule has 19 heavy (non-hydrogen) atoms. The van der Waals surface area contributed by atoms with Crippen LogP contribution in [0.1, 0.15) is 6.92 Å². The van der Waals surface area contributed by atoms with E-state index in [-0.39, 0.29) is 0 Å². The van der Waals surface area contributed by atoms with E-state index in [1.54, 1.807) is 16.9 Å². The van der Waals surface area contributed by atoms with Crippen molar-refractivity contribution in [3.05, 3.63) is 42.7 Å². The number of fused-ring (bicyclic) bond motifs is 1. The Kier molecular flexibility index (Phi) is 2.79. The highest BCUT2D eigenvalue weighted by molar-refractivity contribution is 5.70. The number of benzene rings is 1. The van der Waals surface area contributed by atoms with E-state index in [2.05, 4.69) is 10.1 Å². The number of rotatable bonds is 3. The van der Waals surface area contributed by atoms with Crippen LogP contribution in [0.25, 0.3) is 16.9 Å². The third-order valence-electron chi connectivity index (χ3n) is 2.80. The molecule has 3 rings (SSSR count). The van der Waals surface area contributed by atoms with Gasteiger partial charge in [-0.1, -0.05) is 12.1 Å². The van der Waals surface area contributed by atoms with Gasteiger partial charge in [0.05, 0.1) is 30.4 Å². The SMILES string of the molecule is CCOc1ccccc1-c1cc2ncc(N)cn2n1. The van der Waals surface area contributed by atoms with Crippen molar-refractivity contribution >= 4 is 11.3 Å². The average molecular weight is 254 g/mol. The number of para-hydroxylation sites is 1. The summed E-state index contributed by atoms with van der Waals surface area (Å²) in [5.74, 6) is 0.821. The molecular formula is C14H14N4O. The Hall–Kier alpha value is -2.56. The highest BCUT2D eigenvalue weighted by atomic mass is 16.5. The van der Waals surface area contributed by atoms with Crippen molar-refractivity contribution in [1.82, 2.24) is 14.6 Å². The zero-order valence-corrected chi connectivity index (χ0v) is 10.6. The van der Waals surface area contributed by atoms with Gasteiger partial charge >= 0.3 is 0 Å². The van der Waals surface area contributed by atoms with Crippen molar-refractivity contribution in [2.45, 2.75) is 6.92 Å². The quantitative estimate of drug-likeness (QED) is 0.779. The molecular weight excluding hydrogens is 240 g/mol. The van der Waals surface area contributed by atoms with Crippen LogP contribution in [0, 0.1) is 0 Å². The second kappa shape index (κ2) is 4.61. The van der Waals surface area contributed by atoms with Crippen LogP contribution in [0.15, 0.2) is 42.7 Å². The van der Waals surface area contributed by atoms with E-state index in [9.17, 15) is 0 Å². The molecule has 96 valence electrons. The molecule has 0 aliphatic carbocycles. The highest BCUT2D eigenvalue weighted by Crippen LogP contribution is 2.29. The van der Waals surface area contributed by atoms with Crippen molar-refractivity contribution in [2.24, 2.45) is 0 Å². The maximum Gasteiger partial charge on any atom is 0.155 e. The van der Waals surface area contributed by atoms with Gasteiger partial charge in [0.2, 0.25) is 0 Å². The van der Waals surface area contributed by atoms with Gasteiger partial charge in [0.1, 0.15) is 5.75 Å². The van der Waals surface area contributed by atoms with E-state index >= 15 is 0 Å². The van der Waals surface area contributed by atoms with E-state index in [1.165, 1.54) is 0 Å². The standard InChI is InChI=1S/C14H14N4O/c1-2-19-13-6-4-3-5-11(13)12-7-14-16-8-10(15)9-18(14)17-12/h3-9H,2,15H2,1H3. The minimum Gasteiger partial charge on any atom is -0.493 e. The summed E-state index contributed by atoms with van der Waals surface area (Å²) in [5.41, 5.74) is 8.82. The molecule has 2 N–H and O–H groups in total. The summed E-state index contributed by atoms with van der Waals surface area (Å²) in [6, 6.07) is 9.74. The second-order valence-corrected chi connectivity index (χ2v) is 4.15. The molecule has 0 saturated heterocycles. The Balaban J connectivity index is 2.13. The first-order chi connectivity index (χ1) is 9.28. The van der Waals surface area contributed by atoms with Gasteiger partial charge in [-0.05, 0) is 19.1 Å². The molecule has 0 saturated carbocycles. The van der Waals surface area contributed by atoms with E-state index in [0.717, 1.165) is 22.7 Å². The van der Waals surface area contributed by atoms with Crippen LogP contribution in [-0.2, 0) is 0 Å². The largest absolute Gasteiger partial charge is 0.493 e. The molecule has 0 atom stereocenters. The van der Waals surface area contributed by atoms with Gasteiger partial charge in [0, 0.05) is 11.6 Å². The van der Waals surface area contributed by atoms with E-state index in [0.29, 0.717) is 12.3 Å². The van der Waals surface area contributed by atoms with Crippen LogP contribution in [-0.4, -0.2) is 21.2 Å². The van der Waals surface area contributed by atoms with Crippen LogP contribution in [0.4, 0.5) is 5.69 Å². The number of nitrogen functional groups attached to an aromatic ring is 1. The maximum atomic E-state index is 5.70. The monoisotopic (exact) mass is 254 g/mol. The van der Waals surface area contributed by atoms with Gasteiger partial charge in [0.15, 0.2) is 5.65 Å². The Morgan fingerprint density at radius 3 is 3.00 bits per heavy atom. The first kappa shape index (κ1) is 11.5. The fraction of sp³-hybridized carbons (Fsp3) is 0.143. The number of aromatic nitrogens is 3. The van der Waals surface area contributed by atoms with Gasteiger partial charge in [0.25, 0.3) is 0 Å². The zero-order valence-electron chi connectivity index (χ0n) is 10.6. The Bertz CT molecular complexity index is 720. The molecule has 0 aliphatic rings. The van der Waals surface area contributed by atoms with Crippen LogP contribution < -0.4 is 10.5 Å². The second-order valence-electron chi connectivity index (χ2n) is 4.15. The zero-order chi connectivity index (χ0) is 13.2. The van der Waals surface area contributed by atoms with Gasteiger partial charge < -0.3 is 10.5 Å². The summed E-state index contributed by atoms with van der Waals surface area (Å²) >= 11 is 0. The average Bonchev–Trinajstić information content (AvgIpc) is 2.82. The Morgan fingerprint density at radius 2 is 2.16 bits per heavy atom. The van der Waals surface area contributed by atoms with E-state index in [4.69, 9.17) is 10.5 Å². The summed E-state index contributed by atoms with van der Waals surface area (Å²) in [6.45, 7) is 2.58. The van der Waals surface area contributed by atoms with Crippen LogP contribution in [0.2, 0.25) is 0 Å². The van der Waals surface area contributed by atoms with E-state index in [1.807, 2.05) is 37.3 Å². The minimum atomic E-state index is 0.584. The van der Waals surface area contributed by atoms with Crippen molar-refractivity contribution in [3.8, 4) is 17.0 Å². The number of ether oxygens (including phenoxy) is 1. The molecule has 0 aliphatic heterocycles. The molecule has 5 nitrogen and oxygen atoms in total. The van der Waals surface area contributed by atoms with Crippen molar-refractivity contribution in [3.63, 3.8) is 0 Å². The van der Waals surface area contributed by atoms with Gasteiger partial charge in [-0.3, -0.25) is 0 Å². The highest BCUT2D eigenvalue weighted by Gasteiger charge is 2.10. The minimum absolute atomic E-state index is 0.584. The molecule has 5 heteroatoms. The molecule has 0 unspecified atom stereocenters.